The average molecular weight is 219 g/mol. The van der Waals surface area contributed by atoms with Gasteiger partial charge < -0.3 is 5.32 Å². The molecule has 1 aromatic rings. The second-order valence-electron chi connectivity index (χ2n) is 3.50. The van der Waals surface area contributed by atoms with Crippen molar-refractivity contribution in [2.45, 2.75) is 13.8 Å². The SMILES string of the molecule is CC(=O)C(=O)C(C)C(=O)Nc1ccccc1. The third-order valence-corrected chi connectivity index (χ3v) is 2.17. The summed E-state index contributed by atoms with van der Waals surface area (Å²) in [6, 6.07) is 8.78. The first-order chi connectivity index (χ1) is 7.52. The van der Waals surface area contributed by atoms with E-state index in [1.54, 1.807) is 24.3 Å². The molecular weight excluding hydrogens is 206 g/mol. The average Bonchev–Trinajstić information content (AvgIpc) is 2.28. The molecular formula is C12H13NO3. The topological polar surface area (TPSA) is 63.2 Å². The Labute approximate surface area is 93.7 Å². The van der Waals surface area contributed by atoms with Gasteiger partial charge in [-0.2, -0.15) is 0 Å². The molecule has 0 bridgehead atoms. The van der Waals surface area contributed by atoms with Crippen LogP contribution >= 0.6 is 0 Å². The van der Waals surface area contributed by atoms with Gasteiger partial charge in [0.2, 0.25) is 11.7 Å². The van der Waals surface area contributed by atoms with Crippen LogP contribution in [-0.2, 0) is 14.4 Å². The standard InChI is InChI=1S/C12H13NO3/c1-8(11(15)9(2)14)12(16)13-10-6-4-3-5-7-10/h3-8H,1-2H3,(H,13,16). The zero-order chi connectivity index (χ0) is 12.1. The molecule has 0 aliphatic carbocycles. The first kappa shape index (κ1) is 12.1. The number of hydrogen-bond donors (Lipinski definition) is 1. The third-order valence-electron chi connectivity index (χ3n) is 2.17. The molecule has 0 aromatic heterocycles. The Hall–Kier alpha value is -1.97. The van der Waals surface area contributed by atoms with Gasteiger partial charge in [-0.3, -0.25) is 14.4 Å². The summed E-state index contributed by atoms with van der Waals surface area (Å²) in [5, 5.41) is 2.57. The number of Topliss-reactive ketones (excluding diaryl/α,β-unsaturated/α-hetero) is 2. The van der Waals surface area contributed by atoms with E-state index in [9.17, 15) is 14.4 Å². The summed E-state index contributed by atoms with van der Waals surface area (Å²) in [5.74, 6) is -2.69. The molecule has 0 heterocycles. The van der Waals surface area contributed by atoms with Gasteiger partial charge in [0.1, 0.15) is 5.92 Å². The summed E-state index contributed by atoms with van der Waals surface area (Å²) in [6.07, 6.45) is 0. The fraction of sp³-hybridized carbons (Fsp3) is 0.250. The first-order valence-electron chi connectivity index (χ1n) is 4.93. The van der Waals surface area contributed by atoms with E-state index >= 15 is 0 Å². The predicted octanol–water partition coefficient (Wildman–Crippen LogP) is 1.42. The van der Waals surface area contributed by atoms with E-state index in [0.29, 0.717) is 5.69 Å². The molecule has 0 spiro atoms. The van der Waals surface area contributed by atoms with E-state index < -0.39 is 23.4 Å². The largest absolute Gasteiger partial charge is 0.325 e. The van der Waals surface area contributed by atoms with Crippen LogP contribution in [0.5, 0.6) is 0 Å². The van der Waals surface area contributed by atoms with E-state index in [2.05, 4.69) is 5.32 Å². The maximum Gasteiger partial charge on any atom is 0.235 e. The van der Waals surface area contributed by atoms with Crippen LogP contribution in [0.15, 0.2) is 30.3 Å². The van der Waals surface area contributed by atoms with E-state index in [1.807, 2.05) is 6.07 Å². The van der Waals surface area contributed by atoms with E-state index in [1.165, 1.54) is 6.92 Å². The Kier molecular flexibility index (Phi) is 3.94. The minimum Gasteiger partial charge on any atom is -0.325 e. The summed E-state index contributed by atoms with van der Waals surface area (Å²) < 4.78 is 0. The van der Waals surface area contributed by atoms with Gasteiger partial charge in [0.15, 0.2) is 5.78 Å². The van der Waals surface area contributed by atoms with Gasteiger partial charge in [0.25, 0.3) is 0 Å². The van der Waals surface area contributed by atoms with Crippen LogP contribution in [0.4, 0.5) is 5.69 Å². The number of anilines is 1. The Balaban J connectivity index is 2.66. The molecule has 0 aliphatic heterocycles. The molecule has 1 N–H and O–H groups in total. The zero-order valence-corrected chi connectivity index (χ0v) is 9.19. The molecule has 1 atom stereocenters. The summed E-state index contributed by atoms with van der Waals surface area (Å²) in [6.45, 7) is 2.58. The van der Waals surface area contributed by atoms with Crippen LogP contribution in [0.1, 0.15) is 13.8 Å². The number of para-hydroxylation sites is 1. The molecule has 0 radical (unpaired) electrons. The molecule has 0 fully saturated rings. The highest BCUT2D eigenvalue weighted by Gasteiger charge is 2.24. The van der Waals surface area contributed by atoms with E-state index in [0.717, 1.165) is 6.92 Å². The Morgan fingerprint density at radius 2 is 1.69 bits per heavy atom. The lowest BCUT2D eigenvalue weighted by Gasteiger charge is -2.09. The van der Waals surface area contributed by atoms with Crippen molar-refractivity contribution in [1.29, 1.82) is 0 Å². The van der Waals surface area contributed by atoms with Crippen LogP contribution in [0.3, 0.4) is 0 Å². The quantitative estimate of drug-likeness (QED) is 0.615. The summed E-state index contributed by atoms with van der Waals surface area (Å²) in [7, 11) is 0. The molecule has 0 aliphatic rings. The van der Waals surface area contributed by atoms with Crippen LogP contribution in [-0.4, -0.2) is 17.5 Å². The highest BCUT2D eigenvalue weighted by Crippen LogP contribution is 2.08. The monoisotopic (exact) mass is 219 g/mol. The van der Waals surface area contributed by atoms with Gasteiger partial charge in [-0.25, -0.2) is 0 Å². The number of rotatable bonds is 4. The van der Waals surface area contributed by atoms with Crippen LogP contribution in [0.25, 0.3) is 0 Å². The van der Waals surface area contributed by atoms with Crippen molar-refractivity contribution in [3.63, 3.8) is 0 Å². The highest BCUT2D eigenvalue weighted by molar-refractivity contribution is 6.40. The number of nitrogens with one attached hydrogen (secondary N) is 1. The van der Waals surface area contributed by atoms with Crippen molar-refractivity contribution in [2.75, 3.05) is 5.32 Å². The van der Waals surface area contributed by atoms with Gasteiger partial charge in [-0.05, 0) is 19.1 Å². The molecule has 16 heavy (non-hydrogen) atoms. The summed E-state index contributed by atoms with van der Waals surface area (Å²) in [5.41, 5.74) is 0.607. The second kappa shape index (κ2) is 5.21. The minimum atomic E-state index is -0.947. The van der Waals surface area contributed by atoms with Crippen molar-refractivity contribution < 1.29 is 14.4 Å². The molecule has 1 unspecified atom stereocenters. The number of benzene rings is 1. The molecule has 4 heteroatoms. The van der Waals surface area contributed by atoms with Crippen molar-refractivity contribution in [2.24, 2.45) is 5.92 Å². The van der Waals surface area contributed by atoms with Gasteiger partial charge in [0.05, 0.1) is 0 Å². The molecule has 1 aromatic carbocycles. The van der Waals surface area contributed by atoms with Gasteiger partial charge in [-0.1, -0.05) is 18.2 Å². The van der Waals surface area contributed by atoms with Gasteiger partial charge >= 0.3 is 0 Å². The van der Waals surface area contributed by atoms with E-state index in [-0.39, 0.29) is 0 Å². The Morgan fingerprint density at radius 3 is 2.19 bits per heavy atom. The lowest BCUT2D eigenvalue weighted by molar-refractivity contribution is -0.140. The highest BCUT2D eigenvalue weighted by atomic mass is 16.2. The van der Waals surface area contributed by atoms with Crippen molar-refractivity contribution in [3.05, 3.63) is 30.3 Å². The lowest BCUT2D eigenvalue weighted by Crippen LogP contribution is -2.30. The molecule has 84 valence electrons. The molecule has 1 rings (SSSR count). The fourth-order valence-electron chi connectivity index (χ4n) is 1.20. The maximum absolute atomic E-state index is 11.6. The maximum atomic E-state index is 11.6. The molecule has 0 saturated carbocycles. The zero-order valence-electron chi connectivity index (χ0n) is 9.19. The molecule has 1 amide bonds. The molecule has 4 nitrogen and oxygen atoms in total. The third kappa shape index (κ3) is 3.02. The number of amides is 1. The lowest BCUT2D eigenvalue weighted by atomic mass is 10.0. The normalized spacial score (nSPS) is 11.6. The second-order valence-corrected chi connectivity index (χ2v) is 3.50. The smallest absolute Gasteiger partial charge is 0.235 e. The van der Waals surface area contributed by atoms with Crippen molar-refractivity contribution in [1.82, 2.24) is 0 Å². The number of carbonyl (C=O) groups excluding carboxylic acids is 3. The van der Waals surface area contributed by atoms with Crippen LogP contribution in [0.2, 0.25) is 0 Å². The van der Waals surface area contributed by atoms with Gasteiger partial charge in [-0.15, -0.1) is 0 Å². The number of carbonyl (C=O) groups is 3. The van der Waals surface area contributed by atoms with E-state index in [4.69, 9.17) is 0 Å². The minimum absolute atomic E-state index is 0.466. The molecule has 0 saturated heterocycles. The number of hydrogen-bond acceptors (Lipinski definition) is 3. The van der Waals surface area contributed by atoms with Gasteiger partial charge in [0, 0.05) is 12.6 Å². The summed E-state index contributed by atoms with van der Waals surface area (Å²) >= 11 is 0. The Morgan fingerprint density at radius 1 is 1.12 bits per heavy atom. The van der Waals surface area contributed by atoms with Crippen molar-refractivity contribution >= 4 is 23.2 Å². The van der Waals surface area contributed by atoms with Crippen molar-refractivity contribution in [3.8, 4) is 0 Å². The summed E-state index contributed by atoms with van der Waals surface area (Å²) in [4.78, 5) is 33.7. The predicted molar refractivity (Wildman–Crippen MR) is 59.9 cm³/mol. The first-order valence-corrected chi connectivity index (χ1v) is 4.93. The number of ketones is 2. The fourth-order valence-corrected chi connectivity index (χ4v) is 1.20. The Bertz CT molecular complexity index is 412. The van der Waals surface area contributed by atoms with Crippen LogP contribution in [0, 0.1) is 5.92 Å². The van der Waals surface area contributed by atoms with Crippen LogP contribution < -0.4 is 5.32 Å².